The van der Waals surface area contributed by atoms with E-state index in [9.17, 15) is 29.3 Å². The summed E-state index contributed by atoms with van der Waals surface area (Å²) in [4.78, 5) is 34.5. The maximum atomic E-state index is 12.4. The second kappa shape index (κ2) is 43.5. The normalized spacial score (nSPS) is 14.5. The van der Waals surface area contributed by atoms with Gasteiger partial charge < -0.3 is 24.6 Å². The van der Waals surface area contributed by atoms with Gasteiger partial charge in [0, 0.05) is 12.8 Å². The van der Waals surface area contributed by atoms with Crippen molar-refractivity contribution < 1.29 is 47.8 Å². The lowest BCUT2D eigenvalue weighted by Crippen LogP contribution is -2.28. The molecule has 0 aromatic heterocycles. The molecule has 10 nitrogen and oxygen atoms in total. The van der Waals surface area contributed by atoms with Crippen LogP contribution < -0.4 is 0 Å². The second-order valence-corrected chi connectivity index (χ2v) is 16.5. The molecular formula is C48H83O10P. The number of esters is 2. The average Bonchev–Trinajstić information content (AvgIpc) is 3.22. The van der Waals surface area contributed by atoms with Gasteiger partial charge in [-0.2, -0.15) is 0 Å². The minimum absolute atomic E-state index is 0.136. The van der Waals surface area contributed by atoms with Crippen LogP contribution in [0.3, 0.4) is 0 Å². The summed E-state index contributed by atoms with van der Waals surface area (Å²) in [5.41, 5.74) is 0. The Morgan fingerprint density at radius 2 is 0.797 bits per heavy atom. The zero-order valence-electron chi connectivity index (χ0n) is 36.9. The molecule has 0 fully saturated rings. The lowest BCUT2D eigenvalue weighted by atomic mass is 10.1. The molecule has 0 aromatic carbocycles. The zero-order valence-corrected chi connectivity index (χ0v) is 37.8. The van der Waals surface area contributed by atoms with Crippen LogP contribution in [0.4, 0.5) is 0 Å². The molecule has 0 radical (unpaired) electrons. The van der Waals surface area contributed by atoms with Crippen molar-refractivity contribution in [2.75, 3.05) is 26.4 Å². The predicted octanol–water partition coefficient (Wildman–Crippen LogP) is 12.4. The Balaban J connectivity index is 3.94. The number of phosphoric ester groups is 1. The number of carbonyl (C=O) groups is 2. The molecule has 0 saturated heterocycles. The molecule has 0 spiro atoms. The monoisotopic (exact) mass is 851 g/mol. The summed E-state index contributed by atoms with van der Waals surface area (Å²) in [6.45, 7) is 2.03. The highest BCUT2D eigenvalue weighted by Crippen LogP contribution is 2.43. The van der Waals surface area contributed by atoms with Crippen molar-refractivity contribution in [2.24, 2.45) is 0 Å². The number of hydrogen-bond acceptors (Lipinski definition) is 9. The molecule has 0 aliphatic heterocycles. The third-order valence-corrected chi connectivity index (χ3v) is 10.4. The number of unbranched alkanes of at least 4 members (excludes halogenated alkanes) is 16. The van der Waals surface area contributed by atoms with Crippen LogP contribution in [0.15, 0.2) is 72.9 Å². The van der Waals surface area contributed by atoms with Crippen molar-refractivity contribution in [3.8, 4) is 0 Å². The molecular weight excluding hydrogens is 767 g/mol. The van der Waals surface area contributed by atoms with E-state index in [1.165, 1.54) is 70.6 Å². The molecule has 59 heavy (non-hydrogen) atoms. The van der Waals surface area contributed by atoms with Crippen molar-refractivity contribution >= 4 is 19.8 Å². The van der Waals surface area contributed by atoms with Crippen LogP contribution in [0.25, 0.3) is 0 Å². The van der Waals surface area contributed by atoms with Crippen LogP contribution in [-0.4, -0.2) is 65.7 Å². The average molecular weight is 851 g/mol. The van der Waals surface area contributed by atoms with E-state index >= 15 is 0 Å². The molecule has 0 aliphatic rings. The smallest absolute Gasteiger partial charge is 0.457 e. The minimum Gasteiger partial charge on any atom is -0.457 e. The van der Waals surface area contributed by atoms with Gasteiger partial charge in [-0.25, -0.2) is 4.57 Å². The predicted molar refractivity (Wildman–Crippen MR) is 242 cm³/mol. The fourth-order valence-electron chi connectivity index (χ4n) is 5.90. The molecule has 0 saturated carbocycles. The van der Waals surface area contributed by atoms with Gasteiger partial charge in [-0.15, -0.1) is 0 Å². The van der Waals surface area contributed by atoms with Gasteiger partial charge in [0.25, 0.3) is 0 Å². The molecule has 3 atom stereocenters. The van der Waals surface area contributed by atoms with Crippen LogP contribution in [0, 0.1) is 0 Å². The van der Waals surface area contributed by atoms with Gasteiger partial charge >= 0.3 is 19.8 Å². The van der Waals surface area contributed by atoms with Gasteiger partial charge in [-0.1, -0.05) is 157 Å². The summed E-state index contributed by atoms with van der Waals surface area (Å²) >= 11 is 0. The summed E-state index contributed by atoms with van der Waals surface area (Å²) in [5, 5.41) is 19.2. The van der Waals surface area contributed by atoms with Crippen molar-refractivity contribution in [2.45, 2.75) is 193 Å². The molecule has 340 valence electrons. The van der Waals surface area contributed by atoms with Crippen molar-refractivity contribution in [1.29, 1.82) is 0 Å². The molecule has 0 bridgehead atoms. The van der Waals surface area contributed by atoms with Gasteiger partial charge in [0.05, 0.1) is 26.4 Å². The van der Waals surface area contributed by atoms with Crippen LogP contribution in [0.2, 0.25) is 0 Å². The Hall–Kier alpha value is -2.59. The highest BCUT2D eigenvalue weighted by Gasteiger charge is 2.27. The molecule has 3 unspecified atom stereocenters. The first kappa shape index (κ1) is 56.4. The number of aliphatic hydroxyl groups excluding tert-OH is 2. The fraction of sp³-hybridized carbons (Fsp3) is 0.708. The van der Waals surface area contributed by atoms with Gasteiger partial charge in [0.15, 0.2) is 0 Å². The number of aliphatic hydroxyl groups is 2. The number of phosphoric acid groups is 1. The first-order valence-electron chi connectivity index (χ1n) is 22.9. The molecule has 3 N–H and O–H groups in total. The second-order valence-electron chi connectivity index (χ2n) is 15.0. The number of rotatable bonds is 42. The number of carbonyl (C=O) groups excluding carboxylic acids is 2. The van der Waals surface area contributed by atoms with Crippen LogP contribution >= 0.6 is 7.82 Å². The summed E-state index contributed by atoms with van der Waals surface area (Å²) < 4.78 is 32.6. The van der Waals surface area contributed by atoms with Gasteiger partial charge in [-0.3, -0.25) is 18.6 Å². The summed E-state index contributed by atoms with van der Waals surface area (Å²) in [6, 6.07) is 0. The van der Waals surface area contributed by atoms with E-state index in [1.54, 1.807) is 0 Å². The van der Waals surface area contributed by atoms with E-state index in [1.807, 2.05) is 0 Å². The maximum absolute atomic E-state index is 12.4. The first-order chi connectivity index (χ1) is 28.8. The Morgan fingerprint density at radius 1 is 0.475 bits per heavy atom. The lowest BCUT2D eigenvalue weighted by molar-refractivity contribution is -0.153. The largest absolute Gasteiger partial charge is 0.472 e. The van der Waals surface area contributed by atoms with E-state index < -0.39 is 58.4 Å². The van der Waals surface area contributed by atoms with E-state index in [4.69, 9.17) is 18.5 Å². The topological polar surface area (TPSA) is 149 Å². The van der Waals surface area contributed by atoms with Crippen molar-refractivity contribution in [3.63, 3.8) is 0 Å². The highest BCUT2D eigenvalue weighted by molar-refractivity contribution is 7.47. The number of ether oxygens (including phenoxy) is 2. The standard InChI is InChI=1S/C48H83O10P/c1-3-5-7-9-11-13-15-17-19-20-21-22-23-24-26-28-30-32-34-36-38-40-48(52)58-46(42-50)44-56-59(53,54)55-43-45(41-49)57-47(51)39-37-35-33-31-29-27-25-18-16-14-12-10-8-6-4-2/h6,8,12,14-15,17-18,20-21,25,29,31,45-46,49-50H,3-5,7,9-11,13,16,19,22-24,26-28,30,32-44H2,1-2H3,(H,53,54)/b8-6-,14-12-,17-15-,21-20-,25-18-,31-29-. The number of allylic oxidation sites excluding steroid dienone is 12. The quantitative estimate of drug-likeness (QED) is 0.0234. The zero-order chi connectivity index (χ0) is 43.3. The van der Waals surface area contributed by atoms with E-state index in [0.29, 0.717) is 12.8 Å². The third kappa shape index (κ3) is 41.9. The Morgan fingerprint density at radius 3 is 1.19 bits per heavy atom. The van der Waals surface area contributed by atoms with E-state index in [-0.39, 0.29) is 12.8 Å². The fourth-order valence-corrected chi connectivity index (χ4v) is 6.68. The highest BCUT2D eigenvalue weighted by atomic mass is 31.2. The molecule has 0 aliphatic carbocycles. The summed E-state index contributed by atoms with van der Waals surface area (Å²) in [7, 11) is -4.65. The van der Waals surface area contributed by atoms with E-state index in [2.05, 4.69) is 86.8 Å². The Kier molecular flexibility index (Phi) is 41.6. The third-order valence-electron chi connectivity index (χ3n) is 9.40. The van der Waals surface area contributed by atoms with Crippen LogP contribution in [0.5, 0.6) is 0 Å². The lowest BCUT2D eigenvalue weighted by Gasteiger charge is -2.20. The Labute approximate surface area is 358 Å². The number of hydrogen-bond donors (Lipinski definition) is 3. The molecule has 11 heteroatoms. The molecule has 0 heterocycles. The maximum Gasteiger partial charge on any atom is 0.472 e. The SMILES string of the molecule is CC/C=C\C/C=C\C/C=C\C/C=C\CCCCC(=O)OC(CO)COP(=O)(O)OCC(CO)OC(=O)CCCCCCCCCCC/C=C\C/C=C\CCCCCCC. The molecule has 0 amide bonds. The Bertz CT molecular complexity index is 1210. The van der Waals surface area contributed by atoms with Gasteiger partial charge in [0.2, 0.25) is 0 Å². The van der Waals surface area contributed by atoms with E-state index in [0.717, 1.165) is 70.6 Å². The molecule has 0 aromatic rings. The summed E-state index contributed by atoms with van der Waals surface area (Å²) in [6.07, 6.45) is 50.2. The van der Waals surface area contributed by atoms with Crippen molar-refractivity contribution in [3.05, 3.63) is 72.9 Å². The first-order valence-corrected chi connectivity index (χ1v) is 24.4. The van der Waals surface area contributed by atoms with Gasteiger partial charge in [-0.05, 0) is 83.5 Å². The van der Waals surface area contributed by atoms with Gasteiger partial charge in [0.1, 0.15) is 12.2 Å². The van der Waals surface area contributed by atoms with Crippen LogP contribution in [-0.2, 0) is 32.7 Å². The molecule has 0 rings (SSSR count). The summed E-state index contributed by atoms with van der Waals surface area (Å²) in [5.74, 6) is -1.07. The van der Waals surface area contributed by atoms with Crippen LogP contribution in [0.1, 0.15) is 181 Å². The van der Waals surface area contributed by atoms with Crippen molar-refractivity contribution in [1.82, 2.24) is 0 Å². The minimum atomic E-state index is -4.65.